The number of rotatable bonds is 3. The smallest absolute Gasteiger partial charge is 0.255 e. The van der Waals surface area contributed by atoms with Gasteiger partial charge in [-0.2, -0.15) is 0 Å². The van der Waals surface area contributed by atoms with Gasteiger partial charge in [0.05, 0.1) is 5.69 Å². The van der Waals surface area contributed by atoms with Crippen LogP contribution in [0.4, 0.5) is 5.69 Å². The van der Waals surface area contributed by atoms with Crippen LogP contribution in [0.3, 0.4) is 0 Å². The van der Waals surface area contributed by atoms with Crippen LogP contribution in [0.25, 0.3) is 16.9 Å². The van der Waals surface area contributed by atoms with Crippen LogP contribution < -0.4 is 5.32 Å². The van der Waals surface area contributed by atoms with Gasteiger partial charge in [-0.1, -0.05) is 29.3 Å². The van der Waals surface area contributed by atoms with E-state index in [4.69, 9.17) is 4.98 Å². The number of fused-ring (bicyclic) bond motifs is 1. The Balaban J connectivity index is 1.62. The average Bonchev–Trinajstić information content (AvgIpc) is 3.04. The molecule has 134 valence electrons. The normalized spacial score (nSPS) is 10.9. The number of hydrogen-bond donors (Lipinski definition) is 1. The molecule has 27 heavy (non-hydrogen) atoms. The lowest BCUT2D eigenvalue weighted by molar-refractivity contribution is 0.102. The van der Waals surface area contributed by atoms with E-state index in [1.165, 1.54) is 5.56 Å². The summed E-state index contributed by atoms with van der Waals surface area (Å²) in [7, 11) is 0. The molecule has 0 fully saturated rings. The van der Waals surface area contributed by atoms with E-state index in [1.54, 1.807) is 0 Å². The summed E-state index contributed by atoms with van der Waals surface area (Å²) in [5, 5.41) is 2.99. The first-order valence-corrected chi connectivity index (χ1v) is 8.93. The summed E-state index contributed by atoms with van der Waals surface area (Å²) >= 11 is 0. The Hall–Kier alpha value is -3.40. The summed E-state index contributed by atoms with van der Waals surface area (Å²) in [6.45, 7) is 6.04. The SMILES string of the molecule is Cc1cc(C)cc(C(=O)Nc2cccc(-c3cn4ccc(C)cc4n3)c2)c1. The number of imidazole rings is 1. The van der Waals surface area contributed by atoms with E-state index in [9.17, 15) is 4.79 Å². The van der Waals surface area contributed by atoms with Crippen molar-refractivity contribution in [3.05, 3.63) is 89.2 Å². The highest BCUT2D eigenvalue weighted by Crippen LogP contribution is 2.23. The van der Waals surface area contributed by atoms with E-state index in [0.29, 0.717) is 5.56 Å². The lowest BCUT2D eigenvalue weighted by atomic mass is 10.1. The van der Waals surface area contributed by atoms with Crippen molar-refractivity contribution in [1.82, 2.24) is 9.38 Å². The number of nitrogens with zero attached hydrogens (tertiary/aromatic N) is 2. The minimum atomic E-state index is -0.107. The number of hydrogen-bond acceptors (Lipinski definition) is 2. The first-order chi connectivity index (χ1) is 13.0. The molecule has 2 heterocycles. The van der Waals surface area contributed by atoms with Crippen molar-refractivity contribution in [1.29, 1.82) is 0 Å². The minimum Gasteiger partial charge on any atom is -0.322 e. The van der Waals surface area contributed by atoms with Crippen molar-refractivity contribution in [2.24, 2.45) is 0 Å². The predicted molar refractivity (Wildman–Crippen MR) is 109 cm³/mol. The predicted octanol–water partition coefficient (Wildman–Crippen LogP) is 5.18. The second kappa shape index (κ2) is 6.72. The topological polar surface area (TPSA) is 46.4 Å². The van der Waals surface area contributed by atoms with Crippen molar-refractivity contribution in [3.8, 4) is 11.3 Å². The zero-order valence-electron chi connectivity index (χ0n) is 15.7. The van der Waals surface area contributed by atoms with E-state index in [1.807, 2.05) is 67.0 Å². The largest absolute Gasteiger partial charge is 0.322 e. The number of pyridine rings is 1. The molecule has 0 saturated carbocycles. The number of carbonyl (C=O) groups is 1. The highest BCUT2D eigenvalue weighted by molar-refractivity contribution is 6.04. The van der Waals surface area contributed by atoms with Gasteiger partial charge in [0, 0.05) is 29.2 Å². The molecule has 0 saturated heterocycles. The third-order valence-electron chi connectivity index (χ3n) is 4.52. The maximum Gasteiger partial charge on any atom is 0.255 e. The molecule has 1 amide bonds. The van der Waals surface area contributed by atoms with E-state index in [-0.39, 0.29) is 5.91 Å². The van der Waals surface area contributed by atoms with E-state index < -0.39 is 0 Å². The average molecular weight is 355 g/mol. The van der Waals surface area contributed by atoms with Crippen LogP contribution >= 0.6 is 0 Å². The Morgan fingerprint density at radius 3 is 2.48 bits per heavy atom. The van der Waals surface area contributed by atoms with Gasteiger partial charge in [-0.15, -0.1) is 0 Å². The molecule has 4 rings (SSSR count). The van der Waals surface area contributed by atoms with Gasteiger partial charge in [0.25, 0.3) is 5.91 Å². The molecule has 0 aliphatic heterocycles. The quantitative estimate of drug-likeness (QED) is 0.550. The first-order valence-electron chi connectivity index (χ1n) is 8.93. The molecule has 0 aliphatic rings. The Kier molecular flexibility index (Phi) is 4.24. The standard InChI is InChI=1S/C23H21N3O/c1-15-7-8-26-14-21(25-22(26)12-15)18-5-4-6-20(13-18)24-23(27)19-10-16(2)9-17(3)11-19/h4-14H,1-3H3,(H,24,27). The van der Waals surface area contributed by atoms with Crippen LogP contribution in [0.15, 0.2) is 67.0 Å². The summed E-state index contributed by atoms with van der Waals surface area (Å²) < 4.78 is 2.00. The number of anilines is 1. The molecule has 0 bridgehead atoms. The van der Waals surface area contributed by atoms with Crippen LogP contribution in [0.5, 0.6) is 0 Å². The highest BCUT2D eigenvalue weighted by atomic mass is 16.1. The lowest BCUT2D eigenvalue weighted by Crippen LogP contribution is -2.12. The first kappa shape index (κ1) is 17.0. The molecular weight excluding hydrogens is 334 g/mol. The molecule has 1 N–H and O–H groups in total. The lowest BCUT2D eigenvalue weighted by Gasteiger charge is -2.08. The second-order valence-electron chi connectivity index (χ2n) is 7.01. The van der Waals surface area contributed by atoms with Crippen LogP contribution in [0, 0.1) is 20.8 Å². The van der Waals surface area contributed by atoms with Gasteiger partial charge in [0.2, 0.25) is 0 Å². The molecule has 0 radical (unpaired) electrons. The molecule has 4 nitrogen and oxygen atoms in total. The van der Waals surface area contributed by atoms with Gasteiger partial charge < -0.3 is 9.72 Å². The molecule has 0 spiro atoms. The molecule has 2 aromatic carbocycles. The molecule has 2 aromatic heterocycles. The summed E-state index contributed by atoms with van der Waals surface area (Å²) in [6.07, 6.45) is 4.01. The van der Waals surface area contributed by atoms with Crippen molar-refractivity contribution >= 4 is 17.2 Å². The Morgan fingerprint density at radius 2 is 1.70 bits per heavy atom. The second-order valence-corrected chi connectivity index (χ2v) is 7.01. The molecule has 4 aromatic rings. The third kappa shape index (κ3) is 3.60. The maximum absolute atomic E-state index is 12.6. The monoisotopic (exact) mass is 355 g/mol. The maximum atomic E-state index is 12.6. The minimum absolute atomic E-state index is 0.107. The number of nitrogens with one attached hydrogen (secondary N) is 1. The molecule has 0 atom stereocenters. The van der Waals surface area contributed by atoms with Gasteiger partial charge in [-0.3, -0.25) is 4.79 Å². The van der Waals surface area contributed by atoms with E-state index in [2.05, 4.69) is 30.4 Å². The summed E-state index contributed by atoms with van der Waals surface area (Å²) in [6, 6.07) is 17.7. The molecule has 4 heteroatoms. The van der Waals surface area contributed by atoms with Crippen molar-refractivity contribution < 1.29 is 4.79 Å². The fourth-order valence-electron chi connectivity index (χ4n) is 3.29. The van der Waals surface area contributed by atoms with Gasteiger partial charge in [0.1, 0.15) is 5.65 Å². The van der Waals surface area contributed by atoms with Crippen molar-refractivity contribution in [2.45, 2.75) is 20.8 Å². The Morgan fingerprint density at radius 1 is 0.926 bits per heavy atom. The van der Waals surface area contributed by atoms with Crippen molar-refractivity contribution in [2.75, 3.05) is 5.32 Å². The van der Waals surface area contributed by atoms with Gasteiger partial charge in [-0.05, 0) is 62.7 Å². The number of carbonyl (C=O) groups excluding carboxylic acids is 1. The number of amides is 1. The zero-order chi connectivity index (χ0) is 19.0. The third-order valence-corrected chi connectivity index (χ3v) is 4.52. The summed E-state index contributed by atoms with van der Waals surface area (Å²) in [5.74, 6) is -0.107. The Labute approximate surface area is 158 Å². The fraction of sp³-hybridized carbons (Fsp3) is 0.130. The molecule has 0 unspecified atom stereocenters. The fourth-order valence-corrected chi connectivity index (χ4v) is 3.29. The van der Waals surface area contributed by atoms with E-state index >= 15 is 0 Å². The summed E-state index contributed by atoms with van der Waals surface area (Å²) in [4.78, 5) is 17.3. The van der Waals surface area contributed by atoms with Crippen molar-refractivity contribution in [3.63, 3.8) is 0 Å². The zero-order valence-corrected chi connectivity index (χ0v) is 15.7. The van der Waals surface area contributed by atoms with Gasteiger partial charge in [0.15, 0.2) is 0 Å². The van der Waals surface area contributed by atoms with E-state index in [0.717, 1.165) is 33.7 Å². The van der Waals surface area contributed by atoms with Crippen LogP contribution in [-0.2, 0) is 0 Å². The number of benzene rings is 2. The van der Waals surface area contributed by atoms with Crippen LogP contribution in [-0.4, -0.2) is 15.3 Å². The van der Waals surface area contributed by atoms with Gasteiger partial charge >= 0.3 is 0 Å². The number of aryl methyl sites for hydroxylation is 3. The van der Waals surface area contributed by atoms with Crippen LogP contribution in [0.2, 0.25) is 0 Å². The molecular formula is C23H21N3O. The highest BCUT2D eigenvalue weighted by Gasteiger charge is 2.09. The Bertz CT molecular complexity index is 1140. The van der Waals surface area contributed by atoms with Crippen LogP contribution in [0.1, 0.15) is 27.0 Å². The number of aromatic nitrogens is 2. The summed E-state index contributed by atoms with van der Waals surface area (Å²) in [5.41, 5.74) is 7.51. The molecule has 0 aliphatic carbocycles. The van der Waals surface area contributed by atoms with Gasteiger partial charge in [-0.25, -0.2) is 4.98 Å².